The molecule has 4 N–H and O–H groups in total. The normalized spacial score (nSPS) is 18.2. The van der Waals surface area contributed by atoms with E-state index in [1.165, 1.54) is 17.0 Å². The van der Waals surface area contributed by atoms with Crippen LogP contribution in [0.25, 0.3) is 0 Å². The molecule has 1 atom stereocenters. The van der Waals surface area contributed by atoms with Crippen molar-refractivity contribution >= 4 is 11.7 Å². The molecule has 0 saturated carbocycles. The molecule has 0 spiro atoms. The van der Waals surface area contributed by atoms with Crippen LogP contribution in [0.1, 0.15) is 31.9 Å². The van der Waals surface area contributed by atoms with E-state index in [9.17, 15) is 19.8 Å². The van der Waals surface area contributed by atoms with E-state index in [1.807, 2.05) is 13.8 Å². The second-order valence-corrected chi connectivity index (χ2v) is 6.06. The summed E-state index contributed by atoms with van der Waals surface area (Å²) in [5, 5.41) is 19.6. The average Bonchev–Trinajstić information content (AvgIpc) is 2.73. The Hall–Kier alpha value is -2.34. The van der Waals surface area contributed by atoms with Gasteiger partial charge in [-0.05, 0) is 23.6 Å². The number of phenolic OH excluding ortho intramolecular Hbond substituents is 1. The number of hydrogen-bond acceptors (Lipinski definition) is 5. The van der Waals surface area contributed by atoms with Crippen LogP contribution in [0.2, 0.25) is 0 Å². The maximum absolute atomic E-state index is 12.5. The standard InChI is InChI=1S/C17H22N2O4/c1-10(2)9-13(21)14-15(11-3-5-12(20)6-4-11)19(8-7-18)17(23)16(14)22/h3-6,10,15,20,22H,7-9,18H2,1-2H3. The van der Waals surface area contributed by atoms with Crippen molar-refractivity contribution < 1.29 is 19.8 Å². The minimum atomic E-state index is -0.669. The largest absolute Gasteiger partial charge is 0.508 e. The first-order chi connectivity index (χ1) is 10.9. The van der Waals surface area contributed by atoms with Gasteiger partial charge in [0.15, 0.2) is 11.5 Å². The van der Waals surface area contributed by atoms with Crippen molar-refractivity contribution in [2.45, 2.75) is 26.3 Å². The van der Waals surface area contributed by atoms with Crippen molar-refractivity contribution in [2.75, 3.05) is 13.1 Å². The zero-order valence-electron chi connectivity index (χ0n) is 13.3. The number of carbonyl (C=O) groups excluding carboxylic acids is 2. The summed E-state index contributed by atoms with van der Waals surface area (Å²) in [6.07, 6.45) is 0.248. The average molecular weight is 318 g/mol. The van der Waals surface area contributed by atoms with Gasteiger partial charge in [0.1, 0.15) is 5.75 Å². The fourth-order valence-corrected chi connectivity index (χ4v) is 2.79. The molecule has 1 aliphatic rings. The summed E-state index contributed by atoms with van der Waals surface area (Å²) in [4.78, 5) is 26.2. The second-order valence-electron chi connectivity index (χ2n) is 6.06. The number of Topliss-reactive ketones (excluding diaryl/α,β-unsaturated/α-hetero) is 1. The number of nitrogens with zero attached hydrogens (tertiary/aromatic N) is 1. The molecule has 1 heterocycles. The Bertz CT molecular complexity index is 634. The van der Waals surface area contributed by atoms with Gasteiger partial charge in [0.2, 0.25) is 0 Å². The summed E-state index contributed by atoms with van der Waals surface area (Å²) < 4.78 is 0. The van der Waals surface area contributed by atoms with Crippen molar-refractivity contribution in [1.29, 1.82) is 0 Å². The van der Waals surface area contributed by atoms with Crippen molar-refractivity contribution in [3.63, 3.8) is 0 Å². The van der Waals surface area contributed by atoms with Crippen molar-refractivity contribution in [3.05, 3.63) is 41.2 Å². The molecule has 124 valence electrons. The predicted octanol–water partition coefficient (Wildman–Crippen LogP) is 1.66. The third-order valence-corrected chi connectivity index (χ3v) is 3.78. The summed E-state index contributed by atoms with van der Waals surface area (Å²) in [6, 6.07) is 5.58. The predicted molar refractivity (Wildman–Crippen MR) is 85.7 cm³/mol. The molecule has 1 aromatic rings. The number of aliphatic hydroxyl groups excluding tert-OH is 1. The monoisotopic (exact) mass is 318 g/mol. The summed E-state index contributed by atoms with van der Waals surface area (Å²) in [7, 11) is 0. The number of aromatic hydroxyl groups is 1. The Kier molecular flexibility index (Phi) is 5.05. The maximum atomic E-state index is 12.5. The van der Waals surface area contributed by atoms with E-state index in [-0.39, 0.29) is 42.5 Å². The first kappa shape index (κ1) is 17.0. The van der Waals surface area contributed by atoms with Crippen LogP contribution in [0.5, 0.6) is 5.75 Å². The van der Waals surface area contributed by atoms with E-state index in [4.69, 9.17) is 5.73 Å². The summed E-state index contributed by atoms with van der Waals surface area (Å²) in [5.74, 6) is -1.13. The van der Waals surface area contributed by atoms with Gasteiger partial charge < -0.3 is 20.8 Å². The molecule has 23 heavy (non-hydrogen) atoms. The molecule has 1 aromatic carbocycles. The van der Waals surface area contributed by atoms with Crippen molar-refractivity contribution in [3.8, 4) is 5.75 Å². The molecule has 0 aromatic heterocycles. The SMILES string of the molecule is CC(C)CC(=O)C1=C(O)C(=O)N(CCN)C1c1ccc(O)cc1. The zero-order valence-corrected chi connectivity index (χ0v) is 13.3. The number of phenols is 1. The summed E-state index contributed by atoms with van der Waals surface area (Å²) in [5.41, 5.74) is 6.33. The van der Waals surface area contributed by atoms with Crippen LogP contribution in [0.4, 0.5) is 0 Å². The highest BCUT2D eigenvalue weighted by atomic mass is 16.3. The van der Waals surface area contributed by atoms with E-state index in [0.29, 0.717) is 5.56 Å². The second kappa shape index (κ2) is 6.83. The molecular weight excluding hydrogens is 296 g/mol. The molecule has 6 heteroatoms. The van der Waals surface area contributed by atoms with Crippen LogP contribution in [0, 0.1) is 5.92 Å². The molecule has 0 radical (unpaired) electrons. The topological polar surface area (TPSA) is 104 Å². The summed E-state index contributed by atoms with van der Waals surface area (Å²) in [6.45, 7) is 4.26. The summed E-state index contributed by atoms with van der Waals surface area (Å²) >= 11 is 0. The number of aliphatic hydroxyl groups is 1. The number of hydrogen-bond donors (Lipinski definition) is 3. The highest BCUT2D eigenvalue weighted by Gasteiger charge is 2.42. The van der Waals surface area contributed by atoms with E-state index >= 15 is 0 Å². The lowest BCUT2D eigenvalue weighted by Gasteiger charge is -2.26. The van der Waals surface area contributed by atoms with Crippen LogP contribution >= 0.6 is 0 Å². The minimum Gasteiger partial charge on any atom is -0.508 e. The number of benzene rings is 1. The number of carbonyl (C=O) groups is 2. The number of ketones is 1. The number of amides is 1. The van der Waals surface area contributed by atoms with Gasteiger partial charge in [-0.2, -0.15) is 0 Å². The Morgan fingerprint density at radius 3 is 2.39 bits per heavy atom. The highest BCUT2D eigenvalue weighted by molar-refractivity contribution is 6.09. The molecule has 0 fully saturated rings. The Labute approximate surface area is 135 Å². The number of rotatable bonds is 6. The van der Waals surface area contributed by atoms with Gasteiger partial charge in [-0.3, -0.25) is 9.59 Å². The van der Waals surface area contributed by atoms with Crippen molar-refractivity contribution in [2.24, 2.45) is 11.7 Å². The molecule has 1 amide bonds. The van der Waals surface area contributed by atoms with Gasteiger partial charge in [0.05, 0.1) is 11.6 Å². The van der Waals surface area contributed by atoms with Gasteiger partial charge in [-0.1, -0.05) is 26.0 Å². The lowest BCUT2D eigenvalue weighted by Crippen LogP contribution is -2.35. The van der Waals surface area contributed by atoms with E-state index in [0.717, 1.165) is 0 Å². The first-order valence-electron chi connectivity index (χ1n) is 7.63. The molecular formula is C17H22N2O4. The van der Waals surface area contributed by atoms with E-state index < -0.39 is 17.7 Å². The zero-order chi connectivity index (χ0) is 17.1. The molecule has 0 saturated heterocycles. The molecule has 1 aliphatic heterocycles. The molecule has 6 nitrogen and oxygen atoms in total. The smallest absolute Gasteiger partial charge is 0.290 e. The van der Waals surface area contributed by atoms with Gasteiger partial charge in [0, 0.05) is 19.5 Å². The van der Waals surface area contributed by atoms with Crippen molar-refractivity contribution in [1.82, 2.24) is 4.90 Å². The number of nitrogens with two attached hydrogens (primary N) is 1. The molecule has 2 rings (SSSR count). The quantitative estimate of drug-likeness (QED) is 0.740. The van der Waals surface area contributed by atoms with Gasteiger partial charge in [0.25, 0.3) is 5.91 Å². The van der Waals surface area contributed by atoms with Gasteiger partial charge in [-0.25, -0.2) is 0 Å². The Morgan fingerprint density at radius 2 is 1.87 bits per heavy atom. The highest BCUT2D eigenvalue weighted by Crippen LogP contribution is 2.38. The van der Waals surface area contributed by atoms with Crippen LogP contribution in [0.3, 0.4) is 0 Å². The molecule has 0 aliphatic carbocycles. The van der Waals surface area contributed by atoms with Crippen LogP contribution in [-0.2, 0) is 9.59 Å². The minimum absolute atomic E-state index is 0.0895. The maximum Gasteiger partial charge on any atom is 0.290 e. The Balaban J connectivity index is 2.48. The third-order valence-electron chi connectivity index (χ3n) is 3.78. The van der Waals surface area contributed by atoms with Gasteiger partial charge in [-0.15, -0.1) is 0 Å². The van der Waals surface area contributed by atoms with E-state index in [1.54, 1.807) is 12.1 Å². The lowest BCUT2D eigenvalue weighted by molar-refractivity contribution is -0.129. The van der Waals surface area contributed by atoms with Crippen LogP contribution in [-0.4, -0.2) is 39.9 Å². The lowest BCUT2D eigenvalue weighted by atomic mass is 9.92. The van der Waals surface area contributed by atoms with Crippen LogP contribution in [0.15, 0.2) is 35.6 Å². The molecule has 1 unspecified atom stereocenters. The fraction of sp³-hybridized carbons (Fsp3) is 0.412. The van der Waals surface area contributed by atoms with Crippen LogP contribution < -0.4 is 5.73 Å². The van der Waals surface area contributed by atoms with Gasteiger partial charge >= 0.3 is 0 Å². The molecule has 0 bridgehead atoms. The van der Waals surface area contributed by atoms with E-state index in [2.05, 4.69) is 0 Å². The first-order valence-corrected chi connectivity index (χ1v) is 7.63. The third kappa shape index (κ3) is 3.37. The fourth-order valence-electron chi connectivity index (χ4n) is 2.79. The Morgan fingerprint density at radius 1 is 1.26 bits per heavy atom.